The maximum Gasteiger partial charge on any atom is 0.224 e. The van der Waals surface area contributed by atoms with Crippen molar-refractivity contribution >= 4 is 11.6 Å². The Kier molecular flexibility index (Phi) is 3.40. The van der Waals surface area contributed by atoms with Crippen molar-refractivity contribution in [3.05, 3.63) is 42.5 Å². The molecule has 1 amide bonds. The maximum absolute atomic E-state index is 11.7. The van der Waals surface area contributed by atoms with Crippen LogP contribution in [0.25, 0.3) is 0 Å². The van der Waals surface area contributed by atoms with Crippen LogP contribution in [-0.4, -0.2) is 5.91 Å². The molecule has 2 heteroatoms. The van der Waals surface area contributed by atoms with Crippen LogP contribution < -0.4 is 5.32 Å². The summed E-state index contributed by atoms with van der Waals surface area (Å²) in [6.07, 6.45) is 3.83. The van der Waals surface area contributed by atoms with Gasteiger partial charge in [-0.3, -0.25) is 4.79 Å². The second kappa shape index (κ2) is 4.97. The standard InChI is InChI=1S/C14H17NO/c1-11-7-8-12(9-11)10-14(16)15-13-5-3-2-4-6-13/h2-6,12H,1,7-10H2,(H,15,16). The van der Waals surface area contributed by atoms with Gasteiger partial charge in [0, 0.05) is 12.1 Å². The van der Waals surface area contributed by atoms with Crippen molar-refractivity contribution < 1.29 is 4.79 Å². The van der Waals surface area contributed by atoms with Gasteiger partial charge in [-0.1, -0.05) is 30.4 Å². The summed E-state index contributed by atoms with van der Waals surface area (Å²) >= 11 is 0. The lowest BCUT2D eigenvalue weighted by Crippen LogP contribution is -2.14. The second-order valence-electron chi connectivity index (χ2n) is 4.48. The van der Waals surface area contributed by atoms with Crippen molar-refractivity contribution in [1.29, 1.82) is 0 Å². The number of hydrogen-bond acceptors (Lipinski definition) is 1. The van der Waals surface area contributed by atoms with Gasteiger partial charge in [-0.15, -0.1) is 0 Å². The molecule has 1 aromatic rings. The first kappa shape index (κ1) is 10.9. The van der Waals surface area contributed by atoms with Crippen LogP contribution in [0.4, 0.5) is 5.69 Å². The topological polar surface area (TPSA) is 29.1 Å². The van der Waals surface area contributed by atoms with E-state index in [1.807, 2.05) is 30.3 Å². The second-order valence-corrected chi connectivity index (χ2v) is 4.48. The quantitative estimate of drug-likeness (QED) is 0.769. The van der Waals surface area contributed by atoms with E-state index in [0.29, 0.717) is 12.3 Å². The molecule has 1 fully saturated rings. The smallest absolute Gasteiger partial charge is 0.224 e. The highest BCUT2D eigenvalue weighted by Crippen LogP contribution is 2.31. The predicted molar refractivity (Wildman–Crippen MR) is 66.2 cm³/mol. The van der Waals surface area contributed by atoms with E-state index in [4.69, 9.17) is 0 Å². The molecule has 84 valence electrons. The molecule has 1 aromatic carbocycles. The van der Waals surface area contributed by atoms with E-state index in [1.54, 1.807) is 0 Å². The average Bonchev–Trinajstić information content (AvgIpc) is 2.65. The molecule has 1 aliphatic carbocycles. The van der Waals surface area contributed by atoms with Crippen LogP contribution >= 0.6 is 0 Å². The molecule has 2 rings (SSSR count). The van der Waals surface area contributed by atoms with Gasteiger partial charge in [0.15, 0.2) is 0 Å². The third-order valence-corrected chi connectivity index (χ3v) is 3.02. The van der Waals surface area contributed by atoms with Gasteiger partial charge in [0.05, 0.1) is 0 Å². The summed E-state index contributed by atoms with van der Waals surface area (Å²) in [4.78, 5) is 11.7. The Morgan fingerprint density at radius 1 is 1.38 bits per heavy atom. The van der Waals surface area contributed by atoms with Crippen LogP contribution in [0, 0.1) is 5.92 Å². The van der Waals surface area contributed by atoms with Gasteiger partial charge < -0.3 is 5.32 Å². The van der Waals surface area contributed by atoms with E-state index in [9.17, 15) is 4.79 Å². The van der Waals surface area contributed by atoms with E-state index in [2.05, 4.69) is 11.9 Å². The lowest BCUT2D eigenvalue weighted by Gasteiger charge is -2.09. The number of benzene rings is 1. The third kappa shape index (κ3) is 2.96. The van der Waals surface area contributed by atoms with Crippen LogP contribution in [-0.2, 0) is 4.79 Å². The van der Waals surface area contributed by atoms with Gasteiger partial charge in [0.25, 0.3) is 0 Å². The Morgan fingerprint density at radius 2 is 2.12 bits per heavy atom. The first-order valence-corrected chi connectivity index (χ1v) is 5.75. The van der Waals surface area contributed by atoms with Crippen LogP contribution in [0.3, 0.4) is 0 Å². The van der Waals surface area contributed by atoms with Crippen molar-refractivity contribution in [2.45, 2.75) is 25.7 Å². The number of carbonyl (C=O) groups excluding carboxylic acids is 1. The first-order chi connectivity index (χ1) is 7.74. The largest absolute Gasteiger partial charge is 0.326 e. The molecule has 0 radical (unpaired) electrons. The van der Waals surface area contributed by atoms with Crippen LogP contribution in [0.1, 0.15) is 25.7 Å². The van der Waals surface area contributed by atoms with E-state index >= 15 is 0 Å². The van der Waals surface area contributed by atoms with Gasteiger partial charge in [-0.05, 0) is 37.3 Å². The zero-order valence-electron chi connectivity index (χ0n) is 9.41. The number of amides is 1. The molecule has 0 saturated heterocycles. The van der Waals surface area contributed by atoms with Gasteiger partial charge >= 0.3 is 0 Å². The van der Waals surface area contributed by atoms with Crippen molar-refractivity contribution in [2.24, 2.45) is 5.92 Å². The molecule has 0 bridgehead atoms. The Balaban J connectivity index is 1.83. The predicted octanol–water partition coefficient (Wildman–Crippen LogP) is 3.37. The van der Waals surface area contributed by atoms with Gasteiger partial charge in [0.2, 0.25) is 5.91 Å². The number of rotatable bonds is 3. The number of para-hydroxylation sites is 1. The summed E-state index contributed by atoms with van der Waals surface area (Å²) in [6.45, 7) is 3.96. The van der Waals surface area contributed by atoms with Gasteiger partial charge in [0.1, 0.15) is 0 Å². The molecule has 0 heterocycles. The van der Waals surface area contributed by atoms with Crippen molar-refractivity contribution in [3.63, 3.8) is 0 Å². The molecule has 0 aromatic heterocycles. The van der Waals surface area contributed by atoms with Crippen LogP contribution in [0.5, 0.6) is 0 Å². The molecule has 1 aliphatic rings. The fraction of sp³-hybridized carbons (Fsp3) is 0.357. The number of allylic oxidation sites excluding steroid dienone is 1. The third-order valence-electron chi connectivity index (χ3n) is 3.02. The highest BCUT2D eigenvalue weighted by atomic mass is 16.1. The number of anilines is 1. The summed E-state index contributed by atoms with van der Waals surface area (Å²) in [6, 6.07) is 9.60. The molecule has 1 saturated carbocycles. The Morgan fingerprint density at radius 3 is 2.75 bits per heavy atom. The zero-order chi connectivity index (χ0) is 11.4. The first-order valence-electron chi connectivity index (χ1n) is 5.75. The minimum absolute atomic E-state index is 0.117. The molecule has 0 spiro atoms. The lowest BCUT2D eigenvalue weighted by atomic mass is 10.0. The normalized spacial score (nSPS) is 19.8. The molecule has 1 atom stereocenters. The SMILES string of the molecule is C=C1CCC(CC(=O)Nc2ccccc2)C1. The van der Waals surface area contributed by atoms with Gasteiger partial charge in [-0.25, -0.2) is 0 Å². The molecular weight excluding hydrogens is 198 g/mol. The molecular formula is C14H17NO. The number of carbonyl (C=O) groups is 1. The highest BCUT2D eigenvalue weighted by Gasteiger charge is 2.20. The van der Waals surface area contributed by atoms with E-state index < -0.39 is 0 Å². The van der Waals surface area contributed by atoms with Crippen LogP contribution in [0.15, 0.2) is 42.5 Å². The summed E-state index contributed by atoms with van der Waals surface area (Å²) < 4.78 is 0. The minimum Gasteiger partial charge on any atom is -0.326 e. The summed E-state index contributed by atoms with van der Waals surface area (Å²) in [5.74, 6) is 0.613. The number of nitrogens with one attached hydrogen (secondary N) is 1. The molecule has 0 aliphatic heterocycles. The molecule has 1 unspecified atom stereocenters. The van der Waals surface area contributed by atoms with Crippen molar-refractivity contribution in [3.8, 4) is 0 Å². The van der Waals surface area contributed by atoms with E-state index in [0.717, 1.165) is 24.9 Å². The fourth-order valence-electron chi connectivity index (χ4n) is 2.19. The zero-order valence-corrected chi connectivity index (χ0v) is 9.41. The molecule has 1 N–H and O–H groups in total. The molecule has 16 heavy (non-hydrogen) atoms. The minimum atomic E-state index is 0.117. The Labute approximate surface area is 96.4 Å². The van der Waals surface area contributed by atoms with Crippen molar-refractivity contribution in [1.82, 2.24) is 0 Å². The lowest BCUT2D eigenvalue weighted by molar-refractivity contribution is -0.117. The van der Waals surface area contributed by atoms with Gasteiger partial charge in [-0.2, -0.15) is 0 Å². The fourth-order valence-corrected chi connectivity index (χ4v) is 2.19. The average molecular weight is 215 g/mol. The van der Waals surface area contributed by atoms with E-state index in [-0.39, 0.29) is 5.91 Å². The Bertz CT molecular complexity index is 383. The summed E-state index contributed by atoms with van der Waals surface area (Å²) in [7, 11) is 0. The van der Waals surface area contributed by atoms with E-state index in [1.165, 1.54) is 5.57 Å². The molecule has 2 nitrogen and oxygen atoms in total. The van der Waals surface area contributed by atoms with Crippen LogP contribution in [0.2, 0.25) is 0 Å². The summed E-state index contributed by atoms with van der Waals surface area (Å²) in [5, 5.41) is 2.92. The Hall–Kier alpha value is -1.57. The summed E-state index contributed by atoms with van der Waals surface area (Å²) in [5.41, 5.74) is 2.17. The number of hydrogen-bond donors (Lipinski definition) is 1. The maximum atomic E-state index is 11.7. The van der Waals surface area contributed by atoms with Crippen molar-refractivity contribution in [2.75, 3.05) is 5.32 Å². The highest BCUT2D eigenvalue weighted by molar-refractivity contribution is 5.90. The monoisotopic (exact) mass is 215 g/mol.